The molecule has 0 radical (unpaired) electrons. The molecule has 0 saturated heterocycles. The molecular formula is C25H31NO2. The lowest BCUT2D eigenvalue weighted by atomic mass is 9.96. The van der Waals surface area contributed by atoms with Gasteiger partial charge in [0, 0.05) is 18.8 Å². The summed E-state index contributed by atoms with van der Waals surface area (Å²) in [6.45, 7) is 8.78. The number of benzene rings is 3. The molecule has 0 bridgehead atoms. The molecule has 0 spiro atoms. The first-order valence-corrected chi connectivity index (χ1v) is 10.6. The Hall–Kier alpha value is -2.55. The van der Waals surface area contributed by atoms with Crippen molar-refractivity contribution in [1.29, 1.82) is 0 Å². The molecular weight excluding hydrogens is 346 g/mol. The number of hydrogen-bond donors (Lipinski definition) is 0. The third kappa shape index (κ3) is 4.30. The second-order valence-corrected chi connectivity index (χ2v) is 7.29. The summed E-state index contributed by atoms with van der Waals surface area (Å²) >= 11 is 0. The van der Waals surface area contributed by atoms with Gasteiger partial charge in [0.2, 0.25) is 0 Å². The fourth-order valence-electron chi connectivity index (χ4n) is 3.74. The number of unbranched alkanes of at least 4 members (excludes halogenated alkanes) is 2. The van der Waals surface area contributed by atoms with E-state index in [1.807, 2.05) is 25.1 Å². The third-order valence-corrected chi connectivity index (χ3v) is 5.26. The zero-order valence-electron chi connectivity index (χ0n) is 17.3. The molecule has 0 amide bonds. The highest BCUT2D eigenvalue weighted by molar-refractivity contribution is 6.17. The van der Waals surface area contributed by atoms with Gasteiger partial charge in [0.05, 0.1) is 12.2 Å². The van der Waals surface area contributed by atoms with Crippen LogP contribution in [-0.4, -0.2) is 25.7 Å². The Morgan fingerprint density at radius 2 is 1.54 bits per heavy atom. The van der Waals surface area contributed by atoms with E-state index in [2.05, 4.69) is 49.1 Å². The van der Waals surface area contributed by atoms with Crippen LogP contribution >= 0.6 is 0 Å². The summed E-state index contributed by atoms with van der Waals surface area (Å²) < 4.78 is 5.42. The Labute approximate surface area is 168 Å². The second kappa shape index (κ2) is 9.59. The normalized spacial score (nSPS) is 11.1. The molecule has 148 valence electrons. The van der Waals surface area contributed by atoms with Crippen LogP contribution in [0.2, 0.25) is 0 Å². The largest absolute Gasteiger partial charge is 0.462 e. The molecule has 0 aliphatic carbocycles. The van der Waals surface area contributed by atoms with Crippen molar-refractivity contribution < 1.29 is 9.53 Å². The van der Waals surface area contributed by atoms with Gasteiger partial charge in [0.25, 0.3) is 0 Å². The third-order valence-electron chi connectivity index (χ3n) is 5.26. The van der Waals surface area contributed by atoms with Crippen molar-refractivity contribution in [2.75, 3.05) is 24.6 Å². The molecule has 0 fully saturated rings. The van der Waals surface area contributed by atoms with Gasteiger partial charge < -0.3 is 9.64 Å². The molecule has 28 heavy (non-hydrogen) atoms. The molecule has 0 aliphatic rings. The van der Waals surface area contributed by atoms with Crippen LogP contribution in [0.5, 0.6) is 0 Å². The van der Waals surface area contributed by atoms with E-state index in [1.165, 1.54) is 31.4 Å². The van der Waals surface area contributed by atoms with Crippen molar-refractivity contribution in [2.45, 2.75) is 46.5 Å². The van der Waals surface area contributed by atoms with Gasteiger partial charge in [0.15, 0.2) is 0 Å². The lowest BCUT2D eigenvalue weighted by Gasteiger charge is -2.25. The van der Waals surface area contributed by atoms with Gasteiger partial charge in [-0.25, -0.2) is 4.79 Å². The number of anilines is 1. The van der Waals surface area contributed by atoms with Crippen LogP contribution in [0.3, 0.4) is 0 Å². The molecule has 3 nitrogen and oxygen atoms in total. The van der Waals surface area contributed by atoms with Crippen LogP contribution in [0, 0.1) is 0 Å². The zero-order chi connectivity index (χ0) is 19.9. The summed E-state index contributed by atoms with van der Waals surface area (Å²) in [4.78, 5) is 15.3. The lowest BCUT2D eigenvalue weighted by Crippen LogP contribution is -2.25. The predicted octanol–water partition coefficient (Wildman–Crippen LogP) is 6.58. The van der Waals surface area contributed by atoms with E-state index in [0.717, 1.165) is 34.6 Å². The van der Waals surface area contributed by atoms with E-state index in [0.29, 0.717) is 12.2 Å². The van der Waals surface area contributed by atoms with E-state index in [-0.39, 0.29) is 5.97 Å². The van der Waals surface area contributed by atoms with Gasteiger partial charge in [-0.1, -0.05) is 57.0 Å². The van der Waals surface area contributed by atoms with Crippen molar-refractivity contribution in [3.63, 3.8) is 0 Å². The summed E-state index contributed by atoms with van der Waals surface area (Å²) in [6, 6.07) is 16.7. The monoisotopic (exact) mass is 377 g/mol. The van der Waals surface area contributed by atoms with Crippen molar-refractivity contribution in [3.8, 4) is 0 Å². The summed E-state index contributed by atoms with van der Waals surface area (Å²) in [6.07, 6.45) is 4.69. The number of hydrogen-bond acceptors (Lipinski definition) is 3. The fraction of sp³-hybridized carbons (Fsp3) is 0.400. The minimum atomic E-state index is -0.241. The van der Waals surface area contributed by atoms with Crippen LogP contribution in [0.15, 0.2) is 48.5 Å². The Kier molecular flexibility index (Phi) is 6.91. The Morgan fingerprint density at radius 3 is 2.21 bits per heavy atom. The highest BCUT2D eigenvalue weighted by Crippen LogP contribution is 2.32. The highest BCUT2D eigenvalue weighted by atomic mass is 16.5. The molecule has 3 heteroatoms. The minimum Gasteiger partial charge on any atom is -0.462 e. The van der Waals surface area contributed by atoms with Gasteiger partial charge in [-0.2, -0.15) is 0 Å². The second-order valence-electron chi connectivity index (χ2n) is 7.29. The number of esters is 1. The van der Waals surface area contributed by atoms with Crippen LogP contribution in [0.4, 0.5) is 5.69 Å². The van der Waals surface area contributed by atoms with E-state index in [9.17, 15) is 4.79 Å². The fourth-order valence-corrected chi connectivity index (χ4v) is 3.74. The quantitative estimate of drug-likeness (QED) is 0.312. The summed E-state index contributed by atoms with van der Waals surface area (Å²) in [7, 11) is 0. The van der Waals surface area contributed by atoms with Crippen LogP contribution in [-0.2, 0) is 4.74 Å². The topological polar surface area (TPSA) is 29.5 Å². The zero-order valence-corrected chi connectivity index (χ0v) is 17.3. The predicted molar refractivity (Wildman–Crippen MR) is 119 cm³/mol. The van der Waals surface area contributed by atoms with Crippen molar-refractivity contribution >= 4 is 33.2 Å². The van der Waals surface area contributed by atoms with Gasteiger partial charge >= 0.3 is 5.97 Å². The van der Waals surface area contributed by atoms with E-state index < -0.39 is 0 Å². The summed E-state index contributed by atoms with van der Waals surface area (Å²) in [5.41, 5.74) is 1.87. The first-order valence-electron chi connectivity index (χ1n) is 10.6. The van der Waals surface area contributed by atoms with Gasteiger partial charge in [-0.05, 0) is 59.5 Å². The van der Waals surface area contributed by atoms with Crippen molar-refractivity contribution in [2.24, 2.45) is 0 Å². The molecule has 3 aromatic rings. The summed E-state index contributed by atoms with van der Waals surface area (Å²) in [5, 5.41) is 4.09. The number of nitrogens with zero attached hydrogens (tertiary/aromatic N) is 1. The number of carbonyl (C=O) groups is 1. The van der Waals surface area contributed by atoms with Crippen molar-refractivity contribution in [1.82, 2.24) is 0 Å². The lowest BCUT2D eigenvalue weighted by molar-refractivity contribution is 0.0531. The smallest absolute Gasteiger partial charge is 0.339 e. The number of carbonyl (C=O) groups excluding carboxylic acids is 1. The maximum absolute atomic E-state index is 12.9. The Balaban J connectivity index is 2.16. The van der Waals surface area contributed by atoms with E-state index in [4.69, 9.17) is 4.74 Å². The first-order chi connectivity index (χ1) is 13.7. The molecule has 0 unspecified atom stereocenters. The maximum Gasteiger partial charge on any atom is 0.339 e. The molecule has 0 saturated carbocycles. The maximum atomic E-state index is 12.9. The van der Waals surface area contributed by atoms with Gasteiger partial charge in [0.1, 0.15) is 0 Å². The summed E-state index contributed by atoms with van der Waals surface area (Å²) in [5.74, 6) is -0.241. The van der Waals surface area contributed by atoms with Crippen molar-refractivity contribution in [3.05, 3.63) is 54.1 Å². The molecule has 0 aliphatic heterocycles. The molecule has 0 aromatic heterocycles. The number of rotatable bonds is 9. The molecule has 0 atom stereocenters. The molecule has 3 aromatic carbocycles. The number of ether oxygens (including phenoxy) is 1. The van der Waals surface area contributed by atoms with Gasteiger partial charge in [-0.3, -0.25) is 0 Å². The Bertz CT molecular complexity index is 940. The van der Waals surface area contributed by atoms with E-state index in [1.54, 1.807) is 0 Å². The van der Waals surface area contributed by atoms with Crippen LogP contribution in [0.1, 0.15) is 56.8 Å². The molecule has 0 heterocycles. The van der Waals surface area contributed by atoms with E-state index >= 15 is 0 Å². The molecule has 3 rings (SSSR count). The van der Waals surface area contributed by atoms with Gasteiger partial charge in [-0.15, -0.1) is 0 Å². The Morgan fingerprint density at radius 1 is 0.857 bits per heavy atom. The standard InChI is InChI=1S/C25H31NO2/c1-4-7-15-26(16-8-5-2)21-14-13-20-17-19-11-9-10-12-22(19)24(23(20)18-21)25(27)28-6-3/h9-14,17-18H,4-8,15-16H2,1-3H3. The SMILES string of the molecule is CCCCN(CCCC)c1ccc2cc3ccccc3c(C(=O)OCC)c2c1. The van der Waals surface area contributed by atoms with Crippen LogP contribution in [0.25, 0.3) is 21.5 Å². The number of fused-ring (bicyclic) bond motifs is 2. The van der Waals surface area contributed by atoms with Crippen LogP contribution < -0.4 is 4.90 Å². The highest BCUT2D eigenvalue weighted by Gasteiger charge is 2.17. The first kappa shape index (κ1) is 20.2. The minimum absolute atomic E-state index is 0.241. The molecule has 0 N–H and O–H groups in total. The average Bonchev–Trinajstić information content (AvgIpc) is 2.72. The average molecular weight is 378 g/mol.